The van der Waals surface area contributed by atoms with Gasteiger partial charge in [0, 0.05) is 0 Å². The van der Waals surface area contributed by atoms with E-state index in [-0.39, 0.29) is 5.97 Å². The van der Waals surface area contributed by atoms with E-state index in [0.717, 1.165) is 0 Å². The van der Waals surface area contributed by atoms with Gasteiger partial charge in [-0.15, -0.1) is 0 Å². The molecule has 1 aromatic carbocycles. The van der Waals surface area contributed by atoms with Crippen LogP contribution < -0.4 is 4.74 Å². The maximum Gasteiger partial charge on any atom is 0.337 e. The molecule has 0 spiro atoms. The number of carbonyl (C=O) groups excluding carboxylic acids is 1. The highest BCUT2D eigenvalue weighted by molar-refractivity contribution is 6.22. The van der Waals surface area contributed by atoms with Crippen LogP contribution in [0.3, 0.4) is 0 Å². The average Bonchev–Trinajstić information content (AvgIpc) is 2.15. The van der Waals surface area contributed by atoms with Crippen molar-refractivity contribution in [1.82, 2.24) is 0 Å². The Morgan fingerprint density at radius 2 is 1.80 bits per heavy atom. The molecule has 0 aromatic heterocycles. The third-order valence-corrected chi connectivity index (χ3v) is 1.71. The zero-order chi connectivity index (χ0) is 11.5. The largest absolute Gasteiger partial charge is 0.473 e. The van der Waals surface area contributed by atoms with Crippen LogP contribution >= 0.6 is 11.6 Å². The molecule has 82 valence electrons. The topological polar surface area (TPSA) is 35.5 Å². The van der Waals surface area contributed by atoms with Crippen molar-refractivity contribution < 1.29 is 14.3 Å². The fourth-order valence-corrected chi connectivity index (χ4v) is 1.15. The van der Waals surface area contributed by atoms with Gasteiger partial charge in [0.25, 0.3) is 0 Å². The second kappa shape index (κ2) is 4.53. The van der Waals surface area contributed by atoms with Crippen molar-refractivity contribution >= 4 is 17.6 Å². The fourth-order valence-electron chi connectivity index (χ4n) is 1.06. The van der Waals surface area contributed by atoms with Gasteiger partial charge in [0.1, 0.15) is 5.75 Å². The van der Waals surface area contributed by atoms with E-state index < -0.39 is 5.06 Å². The molecule has 0 heterocycles. The first kappa shape index (κ1) is 11.9. The first-order valence-electron chi connectivity index (χ1n) is 4.49. The molecule has 3 nitrogen and oxygen atoms in total. The number of carbonyl (C=O) groups is 1. The molecule has 0 bridgehead atoms. The lowest BCUT2D eigenvalue weighted by Gasteiger charge is -2.18. The number of rotatable bonds is 3. The van der Waals surface area contributed by atoms with Gasteiger partial charge in [-0.25, -0.2) is 4.79 Å². The van der Waals surface area contributed by atoms with E-state index in [2.05, 4.69) is 4.74 Å². The summed E-state index contributed by atoms with van der Waals surface area (Å²) in [7, 11) is 1.34. The van der Waals surface area contributed by atoms with Crippen LogP contribution in [-0.2, 0) is 4.74 Å². The van der Waals surface area contributed by atoms with Gasteiger partial charge >= 0.3 is 5.97 Å². The van der Waals surface area contributed by atoms with E-state index in [1.54, 1.807) is 38.1 Å². The Hall–Kier alpha value is -1.22. The normalized spacial score (nSPS) is 10.9. The summed E-state index contributed by atoms with van der Waals surface area (Å²) < 4.78 is 9.95. The molecule has 0 saturated heterocycles. The van der Waals surface area contributed by atoms with Crippen molar-refractivity contribution in [3.05, 3.63) is 29.8 Å². The molecule has 15 heavy (non-hydrogen) atoms. The Kier molecular flexibility index (Phi) is 3.58. The fraction of sp³-hybridized carbons (Fsp3) is 0.364. The summed E-state index contributed by atoms with van der Waals surface area (Å²) >= 11 is 5.88. The van der Waals surface area contributed by atoms with Crippen molar-refractivity contribution in [2.24, 2.45) is 0 Å². The van der Waals surface area contributed by atoms with Crippen LogP contribution in [0.15, 0.2) is 24.3 Å². The number of hydrogen-bond acceptors (Lipinski definition) is 3. The number of hydrogen-bond donors (Lipinski definition) is 0. The lowest BCUT2D eigenvalue weighted by Crippen LogP contribution is -2.19. The van der Waals surface area contributed by atoms with Crippen LogP contribution in [0.5, 0.6) is 5.75 Å². The van der Waals surface area contributed by atoms with Crippen LogP contribution in [0.1, 0.15) is 24.2 Å². The SMILES string of the molecule is COC(=O)c1ccc(OC(C)(C)Cl)cc1. The summed E-state index contributed by atoms with van der Waals surface area (Å²) in [5.41, 5.74) is 0.484. The first-order chi connectivity index (χ1) is 6.92. The van der Waals surface area contributed by atoms with Gasteiger partial charge in [0.15, 0.2) is 5.06 Å². The van der Waals surface area contributed by atoms with E-state index in [9.17, 15) is 4.79 Å². The van der Waals surface area contributed by atoms with Crippen LogP contribution in [0, 0.1) is 0 Å². The van der Waals surface area contributed by atoms with Crippen molar-refractivity contribution in [3.63, 3.8) is 0 Å². The zero-order valence-corrected chi connectivity index (χ0v) is 9.67. The molecule has 0 amide bonds. The molecule has 4 heteroatoms. The number of ether oxygens (including phenoxy) is 2. The van der Waals surface area contributed by atoms with Gasteiger partial charge in [-0.2, -0.15) is 0 Å². The Bertz CT molecular complexity index is 338. The molecule has 0 saturated carbocycles. The highest BCUT2D eigenvalue weighted by Crippen LogP contribution is 2.21. The second-order valence-electron chi connectivity index (χ2n) is 3.48. The summed E-state index contributed by atoms with van der Waals surface area (Å²) in [6, 6.07) is 6.61. The molecule has 0 aliphatic rings. The van der Waals surface area contributed by atoms with E-state index in [1.807, 2.05) is 0 Å². The predicted molar refractivity (Wildman–Crippen MR) is 58.3 cm³/mol. The monoisotopic (exact) mass is 228 g/mol. The van der Waals surface area contributed by atoms with E-state index >= 15 is 0 Å². The smallest absolute Gasteiger partial charge is 0.337 e. The third kappa shape index (κ3) is 3.80. The molecule has 0 aliphatic carbocycles. The Labute approximate surface area is 93.9 Å². The Morgan fingerprint density at radius 1 is 1.27 bits per heavy atom. The number of halogens is 1. The molecule has 0 N–H and O–H groups in total. The van der Waals surface area contributed by atoms with Crippen LogP contribution in [0.2, 0.25) is 0 Å². The van der Waals surface area contributed by atoms with E-state index in [0.29, 0.717) is 11.3 Å². The Balaban J connectivity index is 2.77. The summed E-state index contributed by atoms with van der Waals surface area (Å²) in [6.45, 7) is 3.48. The van der Waals surface area contributed by atoms with Crippen molar-refractivity contribution in [2.45, 2.75) is 18.9 Å². The average molecular weight is 229 g/mol. The van der Waals surface area contributed by atoms with E-state index in [4.69, 9.17) is 16.3 Å². The third-order valence-electron chi connectivity index (χ3n) is 1.64. The summed E-state index contributed by atoms with van der Waals surface area (Å²) in [4.78, 5) is 11.1. The van der Waals surface area contributed by atoms with Crippen LogP contribution in [0.4, 0.5) is 0 Å². The molecule has 0 aliphatic heterocycles. The van der Waals surface area contributed by atoms with Gasteiger partial charge in [0.05, 0.1) is 12.7 Å². The standard InChI is InChI=1S/C11H13ClO3/c1-11(2,12)15-9-6-4-8(5-7-9)10(13)14-3/h4-7H,1-3H3. The maximum absolute atomic E-state index is 11.1. The maximum atomic E-state index is 11.1. The number of methoxy groups -OCH3 is 1. The van der Waals surface area contributed by atoms with Crippen LogP contribution in [-0.4, -0.2) is 18.1 Å². The highest BCUT2D eigenvalue weighted by Gasteiger charge is 2.14. The summed E-state index contributed by atoms with van der Waals surface area (Å²) in [6.07, 6.45) is 0. The van der Waals surface area contributed by atoms with Gasteiger partial charge < -0.3 is 9.47 Å². The molecular formula is C11H13ClO3. The molecule has 0 atom stereocenters. The summed E-state index contributed by atoms with van der Waals surface area (Å²) in [5, 5.41) is -0.757. The molecule has 0 unspecified atom stereocenters. The van der Waals surface area contributed by atoms with Gasteiger partial charge in [-0.05, 0) is 38.1 Å². The molecule has 1 aromatic rings. The number of esters is 1. The predicted octanol–water partition coefficient (Wildman–Crippen LogP) is 2.83. The number of benzene rings is 1. The number of alkyl halides is 1. The quantitative estimate of drug-likeness (QED) is 0.590. The van der Waals surface area contributed by atoms with Crippen LogP contribution in [0.25, 0.3) is 0 Å². The van der Waals surface area contributed by atoms with Gasteiger partial charge in [-0.1, -0.05) is 11.6 Å². The lowest BCUT2D eigenvalue weighted by molar-refractivity contribution is 0.0600. The minimum atomic E-state index is -0.757. The van der Waals surface area contributed by atoms with E-state index in [1.165, 1.54) is 7.11 Å². The van der Waals surface area contributed by atoms with Crippen molar-refractivity contribution in [2.75, 3.05) is 7.11 Å². The van der Waals surface area contributed by atoms with Crippen molar-refractivity contribution in [3.8, 4) is 5.75 Å². The molecule has 0 fully saturated rings. The lowest BCUT2D eigenvalue weighted by atomic mass is 10.2. The minimum absolute atomic E-state index is 0.369. The Morgan fingerprint density at radius 3 is 2.20 bits per heavy atom. The molecular weight excluding hydrogens is 216 g/mol. The second-order valence-corrected chi connectivity index (χ2v) is 4.39. The van der Waals surface area contributed by atoms with Gasteiger partial charge in [-0.3, -0.25) is 0 Å². The minimum Gasteiger partial charge on any atom is -0.473 e. The highest BCUT2D eigenvalue weighted by atomic mass is 35.5. The first-order valence-corrected chi connectivity index (χ1v) is 4.86. The molecule has 1 rings (SSSR count). The summed E-state index contributed by atoms with van der Waals surface area (Å²) in [5.74, 6) is 0.245. The molecule has 0 radical (unpaired) electrons. The van der Waals surface area contributed by atoms with Crippen molar-refractivity contribution in [1.29, 1.82) is 0 Å². The zero-order valence-electron chi connectivity index (χ0n) is 8.91. The van der Waals surface area contributed by atoms with Gasteiger partial charge in [0.2, 0.25) is 0 Å².